The lowest BCUT2D eigenvalue weighted by molar-refractivity contribution is 0.361. The molecule has 1 aliphatic rings. The van der Waals surface area contributed by atoms with Gasteiger partial charge in [-0.2, -0.15) is 0 Å². The van der Waals surface area contributed by atoms with Gasteiger partial charge in [-0.25, -0.2) is 4.98 Å². The molecule has 100 valence electrons. The summed E-state index contributed by atoms with van der Waals surface area (Å²) in [5.74, 6) is 2.12. The van der Waals surface area contributed by atoms with Gasteiger partial charge in [-0.3, -0.25) is 0 Å². The highest BCUT2D eigenvalue weighted by molar-refractivity contribution is 6.33. The van der Waals surface area contributed by atoms with Crippen molar-refractivity contribution in [2.45, 2.75) is 38.0 Å². The van der Waals surface area contributed by atoms with Gasteiger partial charge in [-0.15, -0.1) is 11.6 Å². The minimum absolute atomic E-state index is 0.458. The molecular weight excluding hydrogens is 267 g/mol. The van der Waals surface area contributed by atoms with Crippen molar-refractivity contribution in [2.24, 2.45) is 5.92 Å². The van der Waals surface area contributed by atoms with Crippen LogP contribution in [-0.2, 0) is 5.88 Å². The smallest absolute Gasteiger partial charge is 0.147 e. The van der Waals surface area contributed by atoms with Gasteiger partial charge in [0.05, 0.1) is 5.02 Å². The van der Waals surface area contributed by atoms with Crippen molar-refractivity contribution in [3.05, 3.63) is 22.8 Å². The monoisotopic (exact) mass is 286 g/mol. The second kappa shape index (κ2) is 6.63. The molecule has 1 heterocycles. The Balaban J connectivity index is 2.01. The van der Waals surface area contributed by atoms with Crippen LogP contribution in [0.5, 0.6) is 0 Å². The average molecular weight is 287 g/mol. The zero-order valence-electron chi connectivity index (χ0n) is 10.8. The first-order chi connectivity index (χ1) is 8.70. The Morgan fingerprint density at radius 1 is 1.33 bits per heavy atom. The maximum Gasteiger partial charge on any atom is 0.147 e. The van der Waals surface area contributed by atoms with Gasteiger partial charge in [0.2, 0.25) is 0 Å². The highest BCUT2D eigenvalue weighted by Gasteiger charge is 2.17. The summed E-state index contributed by atoms with van der Waals surface area (Å²) in [6, 6.07) is 1.91. The molecule has 0 amide bonds. The fourth-order valence-electron chi connectivity index (χ4n) is 2.67. The van der Waals surface area contributed by atoms with E-state index in [0.717, 1.165) is 23.8 Å². The summed E-state index contributed by atoms with van der Waals surface area (Å²) in [6.45, 7) is 1.05. The molecule has 0 aromatic carbocycles. The van der Waals surface area contributed by atoms with Gasteiger partial charge in [0, 0.05) is 25.7 Å². The van der Waals surface area contributed by atoms with Gasteiger partial charge < -0.3 is 4.90 Å². The lowest BCUT2D eigenvalue weighted by atomic mass is 9.89. The summed E-state index contributed by atoms with van der Waals surface area (Å²) in [4.78, 5) is 6.60. The third-order valence-electron chi connectivity index (χ3n) is 3.65. The molecule has 0 spiro atoms. The second-order valence-electron chi connectivity index (χ2n) is 5.17. The second-order valence-corrected chi connectivity index (χ2v) is 5.84. The highest BCUT2D eigenvalue weighted by atomic mass is 35.5. The van der Waals surface area contributed by atoms with Gasteiger partial charge in [0.1, 0.15) is 5.82 Å². The van der Waals surface area contributed by atoms with Crippen LogP contribution in [0.3, 0.4) is 0 Å². The zero-order valence-corrected chi connectivity index (χ0v) is 12.3. The molecule has 1 fully saturated rings. The molecule has 0 bridgehead atoms. The molecule has 0 radical (unpaired) electrons. The van der Waals surface area contributed by atoms with Crippen molar-refractivity contribution >= 4 is 29.0 Å². The van der Waals surface area contributed by atoms with Gasteiger partial charge in [-0.1, -0.05) is 30.9 Å². The summed E-state index contributed by atoms with van der Waals surface area (Å²) in [6.07, 6.45) is 8.61. The molecule has 0 unspecified atom stereocenters. The van der Waals surface area contributed by atoms with Gasteiger partial charge >= 0.3 is 0 Å². The topological polar surface area (TPSA) is 16.1 Å². The number of alkyl halides is 1. The number of hydrogen-bond donors (Lipinski definition) is 0. The maximum absolute atomic E-state index is 6.26. The molecule has 2 nitrogen and oxygen atoms in total. The van der Waals surface area contributed by atoms with Gasteiger partial charge in [-0.05, 0) is 30.4 Å². The van der Waals surface area contributed by atoms with E-state index in [1.807, 2.05) is 12.3 Å². The van der Waals surface area contributed by atoms with Crippen molar-refractivity contribution in [2.75, 3.05) is 18.5 Å². The molecule has 0 atom stereocenters. The SMILES string of the molecule is CN(CC1CCCCC1)c1ncc(CCl)cc1Cl. The van der Waals surface area contributed by atoms with E-state index < -0.39 is 0 Å². The third kappa shape index (κ3) is 3.52. The molecule has 0 saturated heterocycles. The van der Waals surface area contributed by atoms with E-state index in [-0.39, 0.29) is 0 Å². The minimum Gasteiger partial charge on any atom is -0.358 e. The number of hydrogen-bond acceptors (Lipinski definition) is 2. The largest absolute Gasteiger partial charge is 0.358 e. The first-order valence-corrected chi connectivity index (χ1v) is 7.53. The van der Waals surface area contributed by atoms with E-state index in [1.165, 1.54) is 32.1 Å². The van der Waals surface area contributed by atoms with Crippen molar-refractivity contribution in [3.63, 3.8) is 0 Å². The summed E-state index contributed by atoms with van der Waals surface area (Å²) in [5.41, 5.74) is 0.969. The molecule has 18 heavy (non-hydrogen) atoms. The van der Waals surface area contributed by atoms with E-state index in [4.69, 9.17) is 23.2 Å². The van der Waals surface area contributed by atoms with E-state index in [0.29, 0.717) is 10.9 Å². The van der Waals surface area contributed by atoms with Crippen LogP contribution in [0.2, 0.25) is 5.02 Å². The van der Waals surface area contributed by atoms with Crippen molar-refractivity contribution in [1.82, 2.24) is 4.98 Å². The summed E-state index contributed by atoms with van der Waals surface area (Å²) >= 11 is 12.0. The fourth-order valence-corrected chi connectivity index (χ4v) is 3.15. The van der Waals surface area contributed by atoms with Crippen LogP contribution in [0.1, 0.15) is 37.7 Å². The van der Waals surface area contributed by atoms with E-state index in [2.05, 4.69) is 16.9 Å². The normalized spacial score (nSPS) is 16.8. The Hall–Kier alpha value is -0.470. The van der Waals surface area contributed by atoms with Gasteiger partial charge in [0.25, 0.3) is 0 Å². The summed E-state index contributed by atoms with van der Waals surface area (Å²) < 4.78 is 0. The van der Waals surface area contributed by atoms with E-state index >= 15 is 0 Å². The molecule has 1 saturated carbocycles. The Bertz CT molecular complexity index is 389. The standard InChI is InChI=1S/C14H20Cl2N2/c1-18(10-11-5-3-2-4-6-11)14-13(16)7-12(8-15)9-17-14/h7,9,11H,2-6,8,10H2,1H3. The number of nitrogens with zero attached hydrogens (tertiary/aromatic N) is 2. The maximum atomic E-state index is 6.26. The quantitative estimate of drug-likeness (QED) is 0.758. The predicted octanol–water partition coefficient (Wildman–Crippen LogP) is 4.49. The molecule has 2 rings (SSSR count). The zero-order chi connectivity index (χ0) is 13.0. The Morgan fingerprint density at radius 3 is 2.67 bits per heavy atom. The molecular formula is C14H20Cl2N2. The number of pyridine rings is 1. The summed E-state index contributed by atoms with van der Waals surface area (Å²) in [5, 5.41) is 0.700. The van der Waals surface area contributed by atoms with Crippen molar-refractivity contribution < 1.29 is 0 Å². The molecule has 0 aliphatic heterocycles. The first-order valence-electron chi connectivity index (χ1n) is 6.62. The van der Waals surface area contributed by atoms with E-state index in [1.54, 1.807) is 0 Å². The van der Waals surface area contributed by atoms with E-state index in [9.17, 15) is 0 Å². The van der Waals surface area contributed by atoms with Crippen LogP contribution in [0.4, 0.5) is 5.82 Å². The van der Waals surface area contributed by atoms with Crippen molar-refractivity contribution in [3.8, 4) is 0 Å². The Kier molecular flexibility index (Phi) is 5.13. The third-order valence-corrected chi connectivity index (χ3v) is 4.24. The van der Waals surface area contributed by atoms with Crippen LogP contribution in [0.25, 0.3) is 0 Å². The average Bonchev–Trinajstić information content (AvgIpc) is 2.39. The van der Waals surface area contributed by atoms with Crippen LogP contribution < -0.4 is 4.90 Å². The number of rotatable bonds is 4. The molecule has 4 heteroatoms. The lowest BCUT2D eigenvalue weighted by Gasteiger charge is -2.28. The minimum atomic E-state index is 0.458. The molecule has 1 aromatic rings. The predicted molar refractivity (Wildman–Crippen MR) is 78.6 cm³/mol. The first kappa shape index (κ1) is 14.0. The highest BCUT2D eigenvalue weighted by Crippen LogP contribution is 2.28. The van der Waals surface area contributed by atoms with Crippen molar-refractivity contribution in [1.29, 1.82) is 0 Å². The van der Waals surface area contributed by atoms with Crippen LogP contribution in [-0.4, -0.2) is 18.6 Å². The van der Waals surface area contributed by atoms with Crippen LogP contribution >= 0.6 is 23.2 Å². The summed E-state index contributed by atoms with van der Waals surface area (Å²) in [7, 11) is 2.07. The van der Waals surface area contributed by atoms with Crippen LogP contribution in [0.15, 0.2) is 12.3 Å². The lowest BCUT2D eigenvalue weighted by Crippen LogP contribution is -2.27. The molecule has 0 N–H and O–H groups in total. The number of anilines is 1. The Morgan fingerprint density at radius 2 is 2.06 bits per heavy atom. The number of halogens is 2. The molecule has 1 aromatic heterocycles. The fraction of sp³-hybridized carbons (Fsp3) is 0.643. The Labute approximate surface area is 119 Å². The van der Waals surface area contributed by atoms with Gasteiger partial charge in [0.15, 0.2) is 0 Å². The van der Waals surface area contributed by atoms with Crippen LogP contribution in [0, 0.1) is 5.92 Å². The number of aromatic nitrogens is 1. The molecule has 1 aliphatic carbocycles.